The number of hydrogen-bond donors (Lipinski definition) is 1. The number of pyridine rings is 1. The third-order valence-electron chi connectivity index (χ3n) is 3.71. The quantitative estimate of drug-likeness (QED) is 0.890. The molecule has 2 nitrogen and oxygen atoms in total. The molecule has 1 aromatic carbocycles. The third-order valence-corrected chi connectivity index (χ3v) is 3.71. The van der Waals surface area contributed by atoms with Crippen LogP contribution in [-0.4, -0.2) is 11.5 Å². The Labute approximate surface area is 120 Å². The Morgan fingerprint density at radius 3 is 2.45 bits per heavy atom. The number of halogens is 1. The van der Waals surface area contributed by atoms with Gasteiger partial charge in [-0.3, -0.25) is 4.98 Å². The van der Waals surface area contributed by atoms with Crippen molar-refractivity contribution in [2.24, 2.45) is 0 Å². The third kappa shape index (κ3) is 3.23. The zero-order chi connectivity index (χ0) is 14.5. The fourth-order valence-electron chi connectivity index (χ4n) is 2.47. The first-order chi connectivity index (χ1) is 9.63. The van der Waals surface area contributed by atoms with Crippen LogP contribution in [0.3, 0.4) is 0 Å². The summed E-state index contributed by atoms with van der Waals surface area (Å²) in [5, 5.41) is 3.46. The van der Waals surface area contributed by atoms with Gasteiger partial charge in [-0.25, -0.2) is 4.39 Å². The van der Waals surface area contributed by atoms with Crippen molar-refractivity contribution >= 4 is 0 Å². The zero-order valence-electron chi connectivity index (χ0n) is 12.2. The van der Waals surface area contributed by atoms with E-state index in [4.69, 9.17) is 0 Å². The Morgan fingerprint density at radius 1 is 1.15 bits per heavy atom. The Bertz CT molecular complexity index is 554. The van der Waals surface area contributed by atoms with Crippen LogP contribution in [0.25, 0.3) is 0 Å². The van der Waals surface area contributed by atoms with E-state index in [-0.39, 0.29) is 17.8 Å². The van der Waals surface area contributed by atoms with Gasteiger partial charge in [0, 0.05) is 24.4 Å². The first kappa shape index (κ1) is 14.7. The minimum Gasteiger partial charge on any atom is -0.310 e. The Kier molecular flexibility index (Phi) is 4.85. The van der Waals surface area contributed by atoms with Crippen molar-refractivity contribution in [3.05, 3.63) is 65.2 Å². The van der Waals surface area contributed by atoms with Crippen molar-refractivity contribution in [3.63, 3.8) is 0 Å². The number of hydrogen-bond acceptors (Lipinski definition) is 2. The van der Waals surface area contributed by atoms with Gasteiger partial charge in [0.05, 0.1) is 0 Å². The molecule has 0 bridgehead atoms. The van der Waals surface area contributed by atoms with Crippen LogP contribution in [-0.2, 0) is 0 Å². The van der Waals surface area contributed by atoms with Gasteiger partial charge in [-0.05, 0) is 48.4 Å². The number of benzene rings is 1. The van der Waals surface area contributed by atoms with Crippen LogP contribution < -0.4 is 5.32 Å². The van der Waals surface area contributed by atoms with Crippen molar-refractivity contribution in [3.8, 4) is 0 Å². The first-order valence-electron chi connectivity index (χ1n) is 7.02. The summed E-state index contributed by atoms with van der Waals surface area (Å²) in [7, 11) is 0. The van der Waals surface area contributed by atoms with Crippen LogP contribution >= 0.6 is 0 Å². The number of likely N-dealkylation sites (N-methyl/N-ethyl adjacent to an activating group) is 1. The second kappa shape index (κ2) is 6.62. The van der Waals surface area contributed by atoms with E-state index in [1.165, 1.54) is 5.56 Å². The van der Waals surface area contributed by atoms with Crippen molar-refractivity contribution in [1.82, 2.24) is 10.3 Å². The highest BCUT2D eigenvalue weighted by atomic mass is 19.1. The van der Waals surface area contributed by atoms with Gasteiger partial charge >= 0.3 is 0 Å². The normalized spacial score (nSPS) is 14.0. The summed E-state index contributed by atoms with van der Waals surface area (Å²) in [4.78, 5) is 4.05. The predicted octanol–water partition coefficient (Wildman–Crippen LogP) is 3.98. The van der Waals surface area contributed by atoms with E-state index in [1.54, 1.807) is 25.4 Å². The molecule has 3 heteroatoms. The van der Waals surface area contributed by atoms with E-state index >= 15 is 0 Å². The van der Waals surface area contributed by atoms with Crippen LogP contribution in [0.5, 0.6) is 0 Å². The van der Waals surface area contributed by atoms with Crippen LogP contribution in [0.2, 0.25) is 0 Å². The van der Waals surface area contributed by atoms with E-state index in [0.717, 1.165) is 12.1 Å². The molecule has 0 radical (unpaired) electrons. The van der Waals surface area contributed by atoms with Crippen molar-refractivity contribution in [1.29, 1.82) is 0 Å². The van der Waals surface area contributed by atoms with Crippen LogP contribution in [0.15, 0.2) is 42.7 Å². The number of nitrogens with zero attached hydrogens (tertiary/aromatic N) is 1. The SMILES string of the molecule is CCNC(c1ccc(C)c(F)c1)C(C)c1ccncc1. The van der Waals surface area contributed by atoms with E-state index in [1.807, 2.05) is 24.3 Å². The van der Waals surface area contributed by atoms with Crippen molar-refractivity contribution in [2.45, 2.75) is 32.7 Å². The number of rotatable bonds is 5. The van der Waals surface area contributed by atoms with Crippen LogP contribution in [0.1, 0.15) is 42.5 Å². The van der Waals surface area contributed by atoms with Crippen molar-refractivity contribution in [2.75, 3.05) is 6.54 Å². The van der Waals surface area contributed by atoms with Crippen molar-refractivity contribution < 1.29 is 4.39 Å². The molecular weight excluding hydrogens is 251 g/mol. The number of aromatic nitrogens is 1. The molecule has 2 unspecified atom stereocenters. The minimum atomic E-state index is -0.146. The zero-order valence-corrected chi connectivity index (χ0v) is 12.2. The summed E-state index contributed by atoms with van der Waals surface area (Å²) >= 11 is 0. The second-order valence-corrected chi connectivity index (χ2v) is 5.11. The number of aryl methyl sites for hydroxylation is 1. The highest BCUT2D eigenvalue weighted by Crippen LogP contribution is 2.31. The van der Waals surface area contributed by atoms with E-state index in [2.05, 4.69) is 24.1 Å². The molecule has 1 heterocycles. The fraction of sp³-hybridized carbons (Fsp3) is 0.353. The summed E-state index contributed by atoms with van der Waals surface area (Å²) in [6, 6.07) is 9.61. The molecule has 2 rings (SSSR count). The first-order valence-corrected chi connectivity index (χ1v) is 7.02. The molecule has 0 aliphatic rings. The average Bonchev–Trinajstić information content (AvgIpc) is 2.48. The molecular formula is C17H21FN2. The maximum atomic E-state index is 13.8. The van der Waals surface area contributed by atoms with Gasteiger partial charge < -0.3 is 5.32 Å². The summed E-state index contributed by atoms with van der Waals surface area (Å²) < 4.78 is 13.8. The smallest absolute Gasteiger partial charge is 0.126 e. The fourth-order valence-corrected chi connectivity index (χ4v) is 2.47. The Hall–Kier alpha value is -1.74. The molecule has 2 atom stereocenters. The largest absolute Gasteiger partial charge is 0.310 e. The molecule has 0 fully saturated rings. The van der Waals surface area contributed by atoms with Crippen LogP contribution in [0, 0.1) is 12.7 Å². The molecule has 1 aromatic heterocycles. The van der Waals surface area contributed by atoms with E-state index in [9.17, 15) is 4.39 Å². The molecule has 0 saturated heterocycles. The summed E-state index contributed by atoms with van der Waals surface area (Å²) in [6.07, 6.45) is 3.59. The molecule has 0 amide bonds. The van der Waals surface area contributed by atoms with Gasteiger partial charge in [-0.2, -0.15) is 0 Å². The van der Waals surface area contributed by atoms with Crippen LogP contribution in [0.4, 0.5) is 4.39 Å². The minimum absolute atomic E-state index is 0.0949. The number of nitrogens with one attached hydrogen (secondary N) is 1. The highest BCUT2D eigenvalue weighted by molar-refractivity contribution is 5.29. The lowest BCUT2D eigenvalue weighted by atomic mass is 9.88. The molecule has 1 N–H and O–H groups in total. The highest BCUT2D eigenvalue weighted by Gasteiger charge is 2.20. The van der Waals surface area contributed by atoms with Gasteiger partial charge in [0.15, 0.2) is 0 Å². The van der Waals surface area contributed by atoms with Gasteiger partial charge in [0.2, 0.25) is 0 Å². The molecule has 0 aliphatic carbocycles. The van der Waals surface area contributed by atoms with E-state index in [0.29, 0.717) is 5.56 Å². The lowest BCUT2D eigenvalue weighted by molar-refractivity contribution is 0.475. The van der Waals surface area contributed by atoms with Gasteiger partial charge in [0.1, 0.15) is 5.82 Å². The molecule has 0 saturated carbocycles. The monoisotopic (exact) mass is 272 g/mol. The van der Waals surface area contributed by atoms with Gasteiger partial charge in [0.25, 0.3) is 0 Å². The topological polar surface area (TPSA) is 24.9 Å². The lowest BCUT2D eigenvalue weighted by Gasteiger charge is -2.26. The second-order valence-electron chi connectivity index (χ2n) is 5.11. The molecule has 0 aliphatic heterocycles. The Morgan fingerprint density at radius 2 is 1.85 bits per heavy atom. The predicted molar refractivity (Wildman–Crippen MR) is 80.2 cm³/mol. The molecule has 20 heavy (non-hydrogen) atoms. The standard InChI is InChI=1S/C17H21FN2/c1-4-20-17(13(3)14-7-9-19-10-8-14)15-6-5-12(2)16(18)11-15/h5-11,13,17,20H,4H2,1-3H3. The maximum absolute atomic E-state index is 13.8. The Balaban J connectivity index is 2.33. The lowest BCUT2D eigenvalue weighted by Crippen LogP contribution is -2.26. The average molecular weight is 272 g/mol. The van der Waals surface area contributed by atoms with E-state index < -0.39 is 0 Å². The van der Waals surface area contributed by atoms with Gasteiger partial charge in [-0.1, -0.05) is 26.0 Å². The summed E-state index contributed by atoms with van der Waals surface area (Å²) in [6.45, 7) is 6.85. The maximum Gasteiger partial charge on any atom is 0.126 e. The summed E-state index contributed by atoms with van der Waals surface area (Å²) in [5.41, 5.74) is 2.87. The molecule has 2 aromatic rings. The summed E-state index contributed by atoms with van der Waals surface area (Å²) in [5.74, 6) is 0.104. The molecule has 106 valence electrons. The molecule has 0 spiro atoms. The van der Waals surface area contributed by atoms with Gasteiger partial charge in [-0.15, -0.1) is 0 Å².